The first kappa shape index (κ1) is 13.9. The number of likely N-dealkylation sites (N-methyl/N-ethyl adjacent to an activating group) is 1. The molecule has 20 heavy (non-hydrogen) atoms. The summed E-state index contributed by atoms with van der Waals surface area (Å²) in [6.45, 7) is 3.24. The average molecular weight is 275 g/mol. The first-order chi connectivity index (χ1) is 9.74. The van der Waals surface area contributed by atoms with Crippen molar-refractivity contribution in [2.24, 2.45) is 0 Å². The fraction of sp³-hybridized carbons (Fsp3) is 0.647. The Balaban J connectivity index is 1.82. The van der Waals surface area contributed by atoms with Crippen molar-refractivity contribution in [3.8, 4) is 5.75 Å². The summed E-state index contributed by atoms with van der Waals surface area (Å²) >= 11 is 0. The predicted molar refractivity (Wildman–Crippen MR) is 80.1 cm³/mol. The standard InChI is InChI=1S/C17H25NO2/c1-3-18(13-6-4-5-7-13)16-10-12-8-9-14(20-2)11-15(12)17(16)19/h8-9,11,13,16-17,19H,3-7,10H2,1-2H3. The summed E-state index contributed by atoms with van der Waals surface area (Å²) < 4.78 is 5.28. The lowest BCUT2D eigenvalue weighted by atomic mass is 10.1. The topological polar surface area (TPSA) is 32.7 Å². The Morgan fingerprint density at radius 1 is 1.30 bits per heavy atom. The SMILES string of the molecule is CCN(C1CCCC1)C1Cc2ccc(OC)cc2C1O. The fourth-order valence-corrected chi connectivity index (χ4v) is 4.00. The van der Waals surface area contributed by atoms with Gasteiger partial charge in [0.2, 0.25) is 0 Å². The Bertz CT molecular complexity index is 468. The van der Waals surface area contributed by atoms with Gasteiger partial charge in [-0.15, -0.1) is 0 Å². The van der Waals surface area contributed by atoms with E-state index >= 15 is 0 Å². The molecule has 3 nitrogen and oxygen atoms in total. The van der Waals surface area contributed by atoms with Gasteiger partial charge in [0.1, 0.15) is 5.75 Å². The molecule has 2 atom stereocenters. The highest BCUT2D eigenvalue weighted by Crippen LogP contribution is 2.39. The molecule has 0 aromatic heterocycles. The van der Waals surface area contributed by atoms with Gasteiger partial charge in [-0.1, -0.05) is 25.8 Å². The summed E-state index contributed by atoms with van der Waals surface area (Å²) in [5, 5.41) is 10.7. The summed E-state index contributed by atoms with van der Waals surface area (Å²) in [5.74, 6) is 0.840. The highest BCUT2D eigenvalue weighted by atomic mass is 16.5. The van der Waals surface area contributed by atoms with E-state index in [9.17, 15) is 5.11 Å². The van der Waals surface area contributed by atoms with Crippen molar-refractivity contribution in [1.29, 1.82) is 0 Å². The van der Waals surface area contributed by atoms with E-state index in [0.29, 0.717) is 6.04 Å². The molecule has 1 aromatic carbocycles. The van der Waals surface area contributed by atoms with Crippen LogP contribution in [-0.4, -0.2) is 35.7 Å². The number of nitrogens with zero attached hydrogens (tertiary/aromatic N) is 1. The lowest BCUT2D eigenvalue weighted by Crippen LogP contribution is -2.44. The Morgan fingerprint density at radius 3 is 2.70 bits per heavy atom. The van der Waals surface area contributed by atoms with Crippen LogP contribution < -0.4 is 4.74 Å². The summed E-state index contributed by atoms with van der Waals surface area (Å²) in [4.78, 5) is 2.53. The van der Waals surface area contributed by atoms with E-state index in [4.69, 9.17) is 4.74 Å². The zero-order valence-electron chi connectivity index (χ0n) is 12.5. The maximum atomic E-state index is 10.7. The average Bonchev–Trinajstić information content (AvgIpc) is 3.10. The Kier molecular flexibility index (Phi) is 3.99. The minimum Gasteiger partial charge on any atom is -0.497 e. The molecule has 0 amide bonds. The summed E-state index contributed by atoms with van der Waals surface area (Å²) in [6.07, 6.45) is 5.84. The van der Waals surface area contributed by atoms with Gasteiger partial charge in [-0.05, 0) is 49.1 Å². The van der Waals surface area contributed by atoms with Gasteiger partial charge >= 0.3 is 0 Å². The molecular weight excluding hydrogens is 250 g/mol. The number of aliphatic hydroxyl groups is 1. The Morgan fingerprint density at radius 2 is 2.05 bits per heavy atom. The van der Waals surface area contributed by atoms with E-state index in [1.807, 2.05) is 12.1 Å². The Hall–Kier alpha value is -1.06. The van der Waals surface area contributed by atoms with Crippen LogP contribution in [0.15, 0.2) is 18.2 Å². The number of benzene rings is 1. The van der Waals surface area contributed by atoms with E-state index in [1.54, 1.807) is 7.11 Å². The molecule has 0 spiro atoms. The molecule has 2 aliphatic carbocycles. The van der Waals surface area contributed by atoms with Crippen LogP contribution in [0, 0.1) is 0 Å². The van der Waals surface area contributed by atoms with Crippen molar-refractivity contribution in [1.82, 2.24) is 4.90 Å². The number of ether oxygens (including phenoxy) is 1. The third kappa shape index (κ3) is 2.33. The van der Waals surface area contributed by atoms with Gasteiger partial charge in [-0.25, -0.2) is 0 Å². The van der Waals surface area contributed by atoms with Gasteiger partial charge < -0.3 is 9.84 Å². The summed E-state index contributed by atoms with van der Waals surface area (Å²) in [6, 6.07) is 7.02. The lowest BCUT2D eigenvalue weighted by molar-refractivity contribution is 0.0383. The number of fused-ring (bicyclic) bond motifs is 1. The molecule has 0 heterocycles. The minimum absolute atomic E-state index is 0.241. The number of aliphatic hydroxyl groups excluding tert-OH is 1. The highest BCUT2D eigenvalue weighted by molar-refractivity contribution is 5.41. The van der Waals surface area contributed by atoms with Crippen LogP contribution in [0.5, 0.6) is 5.75 Å². The number of rotatable bonds is 4. The van der Waals surface area contributed by atoms with E-state index in [2.05, 4.69) is 17.9 Å². The molecule has 110 valence electrons. The molecule has 1 fully saturated rings. The second-order valence-corrected chi connectivity index (χ2v) is 6.05. The lowest BCUT2D eigenvalue weighted by Gasteiger charge is -2.35. The van der Waals surface area contributed by atoms with Crippen LogP contribution in [0.25, 0.3) is 0 Å². The quantitative estimate of drug-likeness (QED) is 0.917. The fourth-order valence-electron chi connectivity index (χ4n) is 4.00. The van der Waals surface area contributed by atoms with E-state index in [1.165, 1.54) is 31.2 Å². The summed E-state index contributed by atoms with van der Waals surface area (Å²) in [7, 11) is 1.68. The zero-order valence-corrected chi connectivity index (χ0v) is 12.5. The van der Waals surface area contributed by atoms with Gasteiger partial charge in [0.15, 0.2) is 0 Å². The summed E-state index contributed by atoms with van der Waals surface area (Å²) in [5.41, 5.74) is 2.34. The van der Waals surface area contributed by atoms with Crippen molar-refractivity contribution in [3.63, 3.8) is 0 Å². The molecule has 0 saturated heterocycles. The molecular formula is C17H25NO2. The number of hydrogen-bond donors (Lipinski definition) is 1. The van der Waals surface area contributed by atoms with Gasteiger partial charge in [-0.3, -0.25) is 4.90 Å². The van der Waals surface area contributed by atoms with Crippen molar-refractivity contribution >= 4 is 0 Å². The largest absolute Gasteiger partial charge is 0.497 e. The zero-order chi connectivity index (χ0) is 14.1. The third-order valence-electron chi connectivity index (χ3n) is 5.05. The van der Waals surface area contributed by atoms with Gasteiger partial charge in [0.25, 0.3) is 0 Å². The predicted octanol–water partition coefficient (Wildman–Crippen LogP) is 2.92. The smallest absolute Gasteiger partial charge is 0.119 e. The van der Waals surface area contributed by atoms with Crippen molar-refractivity contribution in [2.75, 3.05) is 13.7 Å². The molecule has 2 unspecified atom stereocenters. The van der Waals surface area contributed by atoms with Crippen LogP contribution in [0.1, 0.15) is 49.8 Å². The first-order valence-electron chi connectivity index (χ1n) is 7.85. The van der Waals surface area contributed by atoms with E-state index < -0.39 is 0 Å². The van der Waals surface area contributed by atoms with E-state index in [-0.39, 0.29) is 12.1 Å². The number of methoxy groups -OCH3 is 1. The molecule has 0 bridgehead atoms. The van der Waals surface area contributed by atoms with Crippen molar-refractivity contribution in [2.45, 2.75) is 57.2 Å². The van der Waals surface area contributed by atoms with Crippen LogP contribution in [0.2, 0.25) is 0 Å². The second kappa shape index (κ2) is 5.74. The molecule has 1 N–H and O–H groups in total. The minimum atomic E-state index is -0.374. The molecule has 3 rings (SSSR count). The molecule has 3 heteroatoms. The maximum Gasteiger partial charge on any atom is 0.119 e. The third-order valence-corrected chi connectivity index (χ3v) is 5.05. The maximum absolute atomic E-state index is 10.7. The highest BCUT2D eigenvalue weighted by Gasteiger charge is 2.38. The number of hydrogen-bond acceptors (Lipinski definition) is 3. The molecule has 0 radical (unpaired) electrons. The molecule has 0 aliphatic heterocycles. The monoisotopic (exact) mass is 275 g/mol. The van der Waals surface area contributed by atoms with Crippen molar-refractivity contribution < 1.29 is 9.84 Å². The van der Waals surface area contributed by atoms with Crippen LogP contribution in [0.3, 0.4) is 0 Å². The van der Waals surface area contributed by atoms with Gasteiger partial charge in [-0.2, -0.15) is 0 Å². The van der Waals surface area contributed by atoms with Crippen LogP contribution >= 0.6 is 0 Å². The van der Waals surface area contributed by atoms with E-state index in [0.717, 1.165) is 24.3 Å². The van der Waals surface area contributed by atoms with Crippen molar-refractivity contribution in [3.05, 3.63) is 29.3 Å². The first-order valence-corrected chi connectivity index (χ1v) is 7.85. The molecule has 2 aliphatic rings. The Labute approximate surface area is 121 Å². The molecule has 1 saturated carbocycles. The van der Waals surface area contributed by atoms with Crippen LogP contribution in [-0.2, 0) is 6.42 Å². The molecule has 1 aromatic rings. The second-order valence-electron chi connectivity index (χ2n) is 6.05. The van der Waals surface area contributed by atoms with Gasteiger partial charge in [0, 0.05) is 12.1 Å². The van der Waals surface area contributed by atoms with Gasteiger partial charge in [0.05, 0.1) is 13.2 Å². The van der Waals surface area contributed by atoms with Crippen LogP contribution in [0.4, 0.5) is 0 Å². The normalized spacial score (nSPS) is 26.2.